The van der Waals surface area contributed by atoms with Gasteiger partial charge in [0.15, 0.2) is 5.82 Å². The second kappa shape index (κ2) is 8.69. The Morgan fingerprint density at radius 2 is 1.75 bits per heavy atom. The van der Waals surface area contributed by atoms with Crippen molar-refractivity contribution in [2.45, 2.75) is 32.6 Å². The first-order valence-electron chi connectivity index (χ1n) is 9.39. The Morgan fingerprint density at radius 1 is 1.00 bits per heavy atom. The van der Waals surface area contributed by atoms with Gasteiger partial charge in [0, 0.05) is 12.2 Å². The first kappa shape index (κ1) is 19.6. The zero-order valence-corrected chi connectivity index (χ0v) is 16.9. The maximum Gasteiger partial charge on any atom is 0.244 e. The topological polar surface area (TPSA) is 72.0 Å². The lowest BCUT2D eigenvalue weighted by Gasteiger charge is -2.19. The van der Waals surface area contributed by atoms with Crippen LogP contribution in [0.15, 0.2) is 54.7 Å². The number of ether oxygens (including phenoxy) is 1. The number of aromatic nitrogens is 3. The van der Waals surface area contributed by atoms with Crippen LogP contribution in [0.3, 0.4) is 0 Å². The highest BCUT2D eigenvalue weighted by Crippen LogP contribution is 2.24. The summed E-state index contributed by atoms with van der Waals surface area (Å²) in [5.74, 6) is 2.03. The average Bonchev–Trinajstić information content (AvgIpc) is 2.68. The number of rotatable bonds is 7. The van der Waals surface area contributed by atoms with Crippen molar-refractivity contribution in [3.05, 3.63) is 65.9 Å². The summed E-state index contributed by atoms with van der Waals surface area (Å²) < 4.78 is 5.38. The van der Waals surface area contributed by atoms with Crippen LogP contribution in [-0.4, -0.2) is 28.8 Å². The Labute approximate surface area is 166 Å². The van der Waals surface area contributed by atoms with Crippen molar-refractivity contribution >= 4 is 17.5 Å². The minimum absolute atomic E-state index is 0.132. The molecule has 0 saturated carbocycles. The fourth-order valence-electron chi connectivity index (χ4n) is 2.86. The smallest absolute Gasteiger partial charge is 0.244 e. The van der Waals surface area contributed by atoms with Gasteiger partial charge in [0.2, 0.25) is 5.95 Å². The standard InChI is InChI=1S/C22H27N5O/c1-22(2,3)17-9-11-18(12-10-17)25-20-15-24-27-21(26-20)23-14-13-16-7-5-6-8-19(16)28-4/h5-12,15H,13-14H2,1-4H3,(H2,23,25,26,27). The largest absolute Gasteiger partial charge is 0.496 e. The van der Waals surface area contributed by atoms with Gasteiger partial charge in [0.05, 0.1) is 13.3 Å². The molecule has 0 bridgehead atoms. The maximum absolute atomic E-state index is 5.38. The fourth-order valence-corrected chi connectivity index (χ4v) is 2.86. The zero-order chi connectivity index (χ0) is 20.0. The van der Waals surface area contributed by atoms with Crippen LogP contribution >= 0.6 is 0 Å². The third-order valence-corrected chi connectivity index (χ3v) is 4.45. The van der Waals surface area contributed by atoms with Gasteiger partial charge in [-0.05, 0) is 41.2 Å². The molecule has 0 unspecified atom stereocenters. The summed E-state index contributed by atoms with van der Waals surface area (Å²) >= 11 is 0. The van der Waals surface area contributed by atoms with Gasteiger partial charge in [-0.1, -0.05) is 51.1 Å². The fraction of sp³-hybridized carbons (Fsp3) is 0.318. The predicted octanol–water partition coefficient (Wildman–Crippen LogP) is 4.58. The van der Waals surface area contributed by atoms with Gasteiger partial charge in [-0.2, -0.15) is 10.1 Å². The molecule has 6 nitrogen and oxygen atoms in total. The molecule has 28 heavy (non-hydrogen) atoms. The number of para-hydroxylation sites is 1. The molecule has 0 aliphatic heterocycles. The third kappa shape index (κ3) is 5.19. The minimum Gasteiger partial charge on any atom is -0.496 e. The number of methoxy groups -OCH3 is 1. The van der Waals surface area contributed by atoms with Gasteiger partial charge in [0.1, 0.15) is 5.75 Å². The van der Waals surface area contributed by atoms with E-state index in [1.165, 1.54) is 5.56 Å². The first-order valence-corrected chi connectivity index (χ1v) is 9.39. The van der Waals surface area contributed by atoms with Gasteiger partial charge in [-0.15, -0.1) is 5.10 Å². The molecule has 146 valence electrons. The van der Waals surface area contributed by atoms with E-state index < -0.39 is 0 Å². The molecule has 0 spiro atoms. The lowest BCUT2D eigenvalue weighted by atomic mass is 9.87. The quantitative estimate of drug-likeness (QED) is 0.628. The van der Waals surface area contributed by atoms with Gasteiger partial charge in [-0.25, -0.2) is 0 Å². The van der Waals surface area contributed by atoms with Crippen molar-refractivity contribution in [3.8, 4) is 5.75 Å². The molecule has 0 aliphatic carbocycles. The highest BCUT2D eigenvalue weighted by Gasteiger charge is 2.13. The van der Waals surface area contributed by atoms with E-state index in [1.807, 2.05) is 18.2 Å². The number of anilines is 3. The van der Waals surface area contributed by atoms with Crippen molar-refractivity contribution in [3.63, 3.8) is 0 Å². The predicted molar refractivity (Wildman–Crippen MR) is 113 cm³/mol. The first-order chi connectivity index (χ1) is 13.5. The molecule has 0 fully saturated rings. The van der Waals surface area contributed by atoms with Crippen LogP contribution in [0.25, 0.3) is 0 Å². The molecular formula is C22H27N5O. The Bertz CT molecular complexity index is 903. The molecule has 2 aromatic carbocycles. The van der Waals surface area contributed by atoms with Gasteiger partial charge >= 0.3 is 0 Å². The molecule has 3 aromatic rings. The molecule has 3 rings (SSSR count). The minimum atomic E-state index is 0.132. The monoisotopic (exact) mass is 377 g/mol. The van der Waals surface area contributed by atoms with E-state index in [9.17, 15) is 0 Å². The van der Waals surface area contributed by atoms with Crippen LogP contribution in [-0.2, 0) is 11.8 Å². The summed E-state index contributed by atoms with van der Waals surface area (Å²) in [6, 6.07) is 16.3. The zero-order valence-electron chi connectivity index (χ0n) is 16.9. The molecule has 6 heteroatoms. The number of nitrogens with one attached hydrogen (secondary N) is 2. The number of hydrogen-bond acceptors (Lipinski definition) is 6. The lowest BCUT2D eigenvalue weighted by molar-refractivity contribution is 0.410. The van der Waals surface area contributed by atoms with Crippen LogP contribution in [0.2, 0.25) is 0 Å². The molecule has 0 aliphatic rings. The summed E-state index contributed by atoms with van der Waals surface area (Å²) in [6.07, 6.45) is 2.42. The van der Waals surface area contributed by atoms with Gasteiger partial charge in [0.25, 0.3) is 0 Å². The summed E-state index contributed by atoms with van der Waals surface area (Å²) in [7, 11) is 1.68. The Hall–Kier alpha value is -3.15. The summed E-state index contributed by atoms with van der Waals surface area (Å²) in [6.45, 7) is 7.29. The number of hydrogen-bond donors (Lipinski definition) is 2. The second-order valence-corrected chi connectivity index (χ2v) is 7.61. The van der Waals surface area contributed by atoms with Crippen molar-refractivity contribution in [1.29, 1.82) is 0 Å². The van der Waals surface area contributed by atoms with Crippen molar-refractivity contribution in [2.75, 3.05) is 24.3 Å². The van der Waals surface area contributed by atoms with E-state index in [2.05, 4.69) is 76.9 Å². The molecule has 1 heterocycles. The van der Waals surface area contributed by atoms with Crippen LogP contribution in [0.4, 0.5) is 17.5 Å². The van der Waals surface area contributed by atoms with E-state index in [0.29, 0.717) is 18.3 Å². The summed E-state index contributed by atoms with van der Waals surface area (Å²) in [5, 5.41) is 14.6. The van der Waals surface area contributed by atoms with Crippen LogP contribution in [0.1, 0.15) is 31.9 Å². The summed E-state index contributed by atoms with van der Waals surface area (Å²) in [4.78, 5) is 4.49. The molecular weight excluding hydrogens is 350 g/mol. The Morgan fingerprint density at radius 3 is 2.46 bits per heavy atom. The molecule has 0 radical (unpaired) electrons. The van der Waals surface area contributed by atoms with E-state index in [-0.39, 0.29) is 5.41 Å². The average molecular weight is 377 g/mol. The number of benzene rings is 2. The maximum atomic E-state index is 5.38. The normalized spacial score (nSPS) is 11.1. The van der Waals surface area contributed by atoms with E-state index >= 15 is 0 Å². The highest BCUT2D eigenvalue weighted by atomic mass is 16.5. The van der Waals surface area contributed by atoms with Gasteiger partial charge in [-0.3, -0.25) is 0 Å². The molecule has 0 amide bonds. The molecule has 0 saturated heterocycles. The Kier molecular flexibility index (Phi) is 6.09. The molecule has 1 aromatic heterocycles. The van der Waals surface area contributed by atoms with Gasteiger partial charge < -0.3 is 15.4 Å². The van der Waals surface area contributed by atoms with Crippen LogP contribution in [0, 0.1) is 0 Å². The highest BCUT2D eigenvalue weighted by molar-refractivity contribution is 5.56. The van der Waals surface area contributed by atoms with Crippen LogP contribution in [0.5, 0.6) is 5.75 Å². The Balaban J connectivity index is 1.59. The van der Waals surface area contributed by atoms with Crippen LogP contribution < -0.4 is 15.4 Å². The molecule has 0 atom stereocenters. The van der Waals surface area contributed by atoms with Crippen molar-refractivity contribution in [1.82, 2.24) is 15.2 Å². The molecule has 2 N–H and O–H groups in total. The van der Waals surface area contributed by atoms with E-state index in [4.69, 9.17) is 4.74 Å². The van der Waals surface area contributed by atoms with Crippen molar-refractivity contribution < 1.29 is 4.74 Å². The lowest BCUT2D eigenvalue weighted by Crippen LogP contribution is -2.11. The third-order valence-electron chi connectivity index (χ3n) is 4.45. The van der Waals surface area contributed by atoms with E-state index in [1.54, 1.807) is 13.3 Å². The number of nitrogens with zero attached hydrogens (tertiary/aromatic N) is 3. The SMILES string of the molecule is COc1ccccc1CCNc1nncc(Nc2ccc(C(C)(C)C)cc2)n1. The summed E-state index contributed by atoms with van der Waals surface area (Å²) in [5.41, 5.74) is 3.53. The van der Waals surface area contributed by atoms with Crippen molar-refractivity contribution in [2.24, 2.45) is 0 Å². The van der Waals surface area contributed by atoms with E-state index in [0.717, 1.165) is 23.4 Å². The second-order valence-electron chi connectivity index (χ2n) is 7.61.